The Morgan fingerprint density at radius 1 is 1.16 bits per heavy atom. The summed E-state index contributed by atoms with van der Waals surface area (Å²) >= 11 is 6.28. The molecule has 4 heteroatoms. The fourth-order valence-corrected chi connectivity index (χ4v) is 2.46. The van der Waals surface area contributed by atoms with Crippen molar-refractivity contribution in [2.24, 2.45) is 0 Å². The zero-order valence-corrected chi connectivity index (χ0v) is 11.5. The highest BCUT2D eigenvalue weighted by atomic mass is 35.5. The second-order valence-corrected chi connectivity index (χ2v) is 4.72. The molecule has 0 aliphatic rings. The van der Waals surface area contributed by atoms with Crippen molar-refractivity contribution in [3.8, 4) is 17.0 Å². The summed E-state index contributed by atoms with van der Waals surface area (Å²) in [6, 6.07) is 11.8. The summed E-state index contributed by atoms with van der Waals surface area (Å²) in [5.41, 5.74) is 3.91. The zero-order valence-electron chi connectivity index (χ0n) is 10.7. The van der Waals surface area contributed by atoms with Gasteiger partial charge >= 0.3 is 0 Å². The van der Waals surface area contributed by atoms with Gasteiger partial charge in [0.05, 0.1) is 12.8 Å². The van der Waals surface area contributed by atoms with Gasteiger partial charge in [-0.2, -0.15) is 0 Å². The molecule has 0 bridgehead atoms. The predicted octanol–water partition coefficient (Wildman–Crippen LogP) is 3.97. The molecule has 0 spiro atoms. The molecular formula is C15H13ClN2O. The normalized spacial score (nSPS) is 10.9. The molecular weight excluding hydrogens is 260 g/mol. The van der Waals surface area contributed by atoms with E-state index >= 15 is 0 Å². The maximum Gasteiger partial charge on any atom is 0.156 e. The van der Waals surface area contributed by atoms with Crippen LogP contribution < -0.4 is 4.74 Å². The van der Waals surface area contributed by atoms with Gasteiger partial charge in [-0.1, -0.05) is 17.7 Å². The summed E-state index contributed by atoms with van der Waals surface area (Å²) in [6.45, 7) is 2.02. The highest BCUT2D eigenvalue weighted by Gasteiger charge is 2.13. The number of hydrogen-bond donors (Lipinski definition) is 0. The molecule has 2 aromatic heterocycles. The van der Waals surface area contributed by atoms with E-state index in [1.54, 1.807) is 7.11 Å². The Labute approximate surface area is 116 Å². The monoisotopic (exact) mass is 272 g/mol. The minimum absolute atomic E-state index is 0.513. The van der Waals surface area contributed by atoms with Gasteiger partial charge in [-0.05, 0) is 42.8 Å². The van der Waals surface area contributed by atoms with Gasteiger partial charge in [0.1, 0.15) is 11.4 Å². The predicted molar refractivity (Wildman–Crippen MR) is 76.9 cm³/mol. The molecule has 2 heterocycles. The number of pyridine rings is 1. The van der Waals surface area contributed by atoms with Crippen LogP contribution in [0.3, 0.4) is 0 Å². The van der Waals surface area contributed by atoms with Crippen LogP contribution in [-0.4, -0.2) is 16.5 Å². The fraction of sp³-hybridized carbons (Fsp3) is 0.133. The summed E-state index contributed by atoms with van der Waals surface area (Å²) in [5.74, 6) is 0.824. The van der Waals surface area contributed by atoms with Crippen molar-refractivity contribution in [2.45, 2.75) is 6.92 Å². The second-order valence-electron chi connectivity index (χ2n) is 4.36. The van der Waals surface area contributed by atoms with Gasteiger partial charge < -0.3 is 4.74 Å². The SMILES string of the molecule is COc1ccc(-c2c(Cl)nc3c(C)cccn23)cc1. The van der Waals surface area contributed by atoms with Crippen LogP contribution in [0.2, 0.25) is 5.15 Å². The molecule has 0 saturated carbocycles. The number of rotatable bonds is 2. The molecule has 1 aromatic carbocycles. The molecule has 0 saturated heterocycles. The van der Waals surface area contributed by atoms with E-state index in [1.165, 1.54) is 0 Å². The Morgan fingerprint density at radius 2 is 1.89 bits per heavy atom. The number of halogens is 1. The molecule has 3 nitrogen and oxygen atoms in total. The Kier molecular flexibility index (Phi) is 2.91. The van der Waals surface area contributed by atoms with Crippen LogP contribution in [0, 0.1) is 6.92 Å². The largest absolute Gasteiger partial charge is 0.497 e. The maximum atomic E-state index is 6.28. The lowest BCUT2D eigenvalue weighted by Gasteiger charge is -2.05. The van der Waals surface area contributed by atoms with Crippen LogP contribution >= 0.6 is 11.6 Å². The van der Waals surface area contributed by atoms with Crippen LogP contribution in [0.4, 0.5) is 0 Å². The first-order valence-corrected chi connectivity index (χ1v) is 6.36. The van der Waals surface area contributed by atoms with Gasteiger partial charge in [0.25, 0.3) is 0 Å². The first-order valence-electron chi connectivity index (χ1n) is 5.98. The Bertz CT molecular complexity index is 732. The van der Waals surface area contributed by atoms with E-state index in [-0.39, 0.29) is 0 Å². The van der Waals surface area contributed by atoms with Gasteiger partial charge in [0, 0.05) is 11.8 Å². The lowest BCUT2D eigenvalue weighted by molar-refractivity contribution is 0.415. The van der Waals surface area contributed by atoms with Crippen molar-refractivity contribution in [3.05, 3.63) is 53.3 Å². The molecule has 0 aliphatic heterocycles. The van der Waals surface area contributed by atoms with Crippen molar-refractivity contribution >= 4 is 17.2 Å². The lowest BCUT2D eigenvalue weighted by Crippen LogP contribution is -1.90. The molecule has 0 radical (unpaired) electrons. The van der Waals surface area contributed by atoms with Crippen molar-refractivity contribution in [1.29, 1.82) is 0 Å². The number of methoxy groups -OCH3 is 1. The number of imidazole rings is 1. The Balaban J connectivity index is 2.23. The molecule has 3 rings (SSSR count). The smallest absolute Gasteiger partial charge is 0.156 e. The van der Waals surface area contributed by atoms with E-state index in [1.807, 2.05) is 53.9 Å². The summed E-state index contributed by atoms with van der Waals surface area (Å²) in [6.07, 6.45) is 1.97. The number of nitrogens with zero attached hydrogens (tertiary/aromatic N) is 2. The number of benzene rings is 1. The molecule has 19 heavy (non-hydrogen) atoms. The van der Waals surface area contributed by atoms with Gasteiger partial charge in [0.2, 0.25) is 0 Å². The average Bonchev–Trinajstić information content (AvgIpc) is 2.77. The molecule has 0 atom stereocenters. The summed E-state index contributed by atoms with van der Waals surface area (Å²) in [4.78, 5) is 4.43. The minimum Gasteiger partial charge on any atom is -0.497 e. The number of aryl methyl sites for hydroxylation is 1. The number of fused-ring (bicyclic) bond motifs is 1. The third kappa shape index (κ3) is 1.96. The van der Waals surface area contributed by atoms with Gasteiger partial charge in [-0.3, -0.25) is 4.40 Å². The van der Waals surface area contributed by atoms with Crippen LogP contribution in [-0.2, 0) is 0 Å². The first kappa shape index (κ1) is 12.1. The van der Waals surface area contributed by atoms with E-state index in [9.17, 15) is 0 Å². The molecule has 96 valence electrons. The quantitative estimate of drug-likeness (QED) is 0.706. The van der Waals surface area contributed by atoms with Crippen LogP contribution in [0.25, 0.3) is 16.9 Å². The Morgan fingerprint density at radius 3 is 2.58 bits per heavy atom. The van der Waals surface area contributed by atoms with Gasteiger partial charge in [0.15, 0.2) is 5.15 Å². The highest BCUT2D eigenvalue weighted by Crippen LogP contribution is 2.30. The van der Waals surface area contributed by atoms with Crippen LogP contribution in [0.15, 0.2) is 42.6 Å². The van der Waals surface area contributed by atoms with Crippen molar-refractivity contribution in [1.82, 2.24) is 9.38 Å². The summed E-state index contributed by atoms with van der Waals surface area (Å²) in [5, 5.41) is 0.513. The van der Waals surface area contributed by atoms with E-state index in [4.69, 9.17) is 16.3 Å². The zero-order chi connectivity index (χ0) is 13.4. The van der Waals surface area contributed by atoms with Gasteiger partial charge in [-0.15, -0.1) is 0 Å². The summed E-state index contributed by atoms with van der Waals surface area (Å²) in [7, 11) is 1.65. The first-order chi connectivity index (χ1) is 9.20. The molecule has 0 amide bonds. The standard InChI is InChI=1S/C15H13ClN2O/c1-10-4-3-9-18-13(14(16)17-15(10)18)11-5-7-12(19-2)8-6-11/h3-9H,1-2H3. The van der Waals surface area contributed by atoms with E-state index in [0.29, 0.717) is 5.15 Å². The van der Waals surface area contributed by atoms with Gasteiger partial charge in [-0.25, -0.2) is 4.98 Å². The highest BCUT2D eigenvalue weighted by molar-refractivity contribution is 6.32. The van der Waals surface area contributed by atoms with E-state index in [2.05, 4.69) is 4.98 Å². The van der Waals surface area contributed by atoms with Crippen LogP contribution in [0.5, 0.6) is 5.75 Å². The third-order valence-electron chi connectivity index (χ3n) is 3.17. The van der Waals surface area contributed by atoms with Crippen molar-refractivity contribution < 1.29 is 4.74 Å². The fourth-order valence-electron chi connectivity index (χ4n) is 2.18. The van der Waals surface area contributed by atoms with E-state index < -0.39 is 0 Å². The topological polar surface area (TPSA) is 26.5 Å². The number of aromatic nitrogens is 2. The van der Waals surface area contributed by atoms with E-state index in [0.717, 1.165) is 28.2 Å². The minimum atomic E-state index is 0.513. The van der Waals surface area contributed by atoms with Crippen molar-refractivity contribution in [2.75, 3.05) is 7.11 Å². The Hall–Kier alpha value is -2.00. The second kappa shape index (κ2) is 4.59. The average molecular weight is 273 g/mol. The summed E-state index contributed by atoms with van der Waals surface area (Å²) < 4.78 is 7.18. The third-order valence-corrected chi connectivity index (χ3v) is 3.43. The number of hydrogen-bond acceptors (Lipinski definition) is 2. The lowest BCUT2D eigenvalue weighted by atomic mass is 10.1. The number of ether oxygens (including phenoxy) is 1. The molecule has 0 unspecified atom stereocenters. The van der Waals surface area contributed by atoms with Crippen LogP contribution in [0.1, 0.15) is 5.56 Å². The molecule has 0 N–H and O–H groups in total. The molecule has 0 fully saturated rings. The maximum absolute atomic E-state index is 6.28. The molecule has 0 aliphatic carbocycles. The van der Waals surface area contributed by atoms with Crippen molar-refractivity contribution in [3.63, 3.8) is 0 Å². The molecule has 3 aromatic rings.